The van der Waals surface area contributed by atoms with Crippen LogP contribution < -0.4 is 36.4 Å². The molecule has 1 nitrogen and oxygen atoms in total. The Hall–Kier alpha value is -4.59. The summed E-state index contributed by atoms with van der Waals surface area (Å²) in [5.74, 6) is 0.879. The van der Waals surface area contributed by atoms with Crippen molar-refractivity contribution < 1.29 is 4.52 Å². The summed E-state index contributed by atoms with van der Waals surface area (Å²) in [5, 5.41) is 15.5. The van der Waals surface area contributed by atoms with Crippen molar-refractivity contribution in [2.45, 2.75) is 0 Å². The molecule has 0 fully saturated rings. The maximum absolute atomic E-state index is 7.55. The second kappa shape index (κ2) is 14.0. The molecule has 242 valence electrons. The molecule has 0 spiro atoms. The Morgan fingerprint density at radius 1 is 0.400 bits per heavy atom. The average Bonchev–Trinajstić information content (AvgIpc) is 3.18. The SMILES string of the molecule is I.c1ccc(O[PH](c2ccccc2)(c2ccccc2)c2cc3cccc4ccc5c(P(c6ccccc6)c6ccccc6)ccc2c5c43)cc1. The quantitative estimate of drug-likeness (QED) is 0.0847. The number of hydrogen-bond acceptors (Lipinski definition) is 1. The molecule has 0 aliphatic rings. The van der Waals surface area contributed by atoms with E-state index in [1.807, 2.05) is 0 Å². The molecule has 9 aromatic carbocycles. The van der Waals surface area contributed by atoms with Crippen molar-refractivity contribution in [1.29, 1.82) is 0 Å². The van der Waals surface area contributed by atoms with Gasteiger partial charge in [0, 0.05) is 0 Å². The van der Waals surface area contributed by atoms with Crippen molar-refractivity contribution in [3.63, 3.8) is 0 Å². The summed E-state index contributed by atoms with van der Waals surface area (Å²) in [4.78, 5) is 0. The Morgan fingerprint density at radius 2 is 0.900 bits per heavy atom. The predicted octanol–water partition coefficient (Wildman–Crippen LogP) is 9.98. The summed E-state index contributed by atoms with van der Waals surface area (Å²) in [6, 6.07) is 73.0. The fourth-order valence-electron chi connectivity index (χ4n) is 7.54. The summed E-state index contributed by atoms with van der Waals surface area (Å²) >= 11 is 0. The molecule has 0 aromatic heterocycles. The van der Waals surface area contributed by atoms with Crippen LogP contribution in [0.2, 0.25) is 0 Å². The number of benzene rings is 9. The van der Waals surface area contributed by atoms with E-state index in [1.165, 1.54) is 64.1 Å². The number of halogens is 1. The molecule has 50 heavy (non-hydrogen) atoms. The molecule has 0 saturated carbocycles. The van der Waals surface area contributed by atoms with Crippen molar-refractivity contribution in [2.24, 2.45) is 0 Å². The summed E-state index contributed by atoms with van der Waals surface area (Å²) in [7, 11) is -3.96. The van der Waals surface area contributed by atoms with Crippen molar-refractivity contribution in [2.75, 3.05) is 0 Å². The maximum atomic E-state index is 7.55. The second-order valence-electron chi connectivity index (χ2n) is 12.5. The zero-order chi connectivity index (χ0) is 32.6. The normalized spacial score (nSPS) is 11.9. The van der Waals surface area contributed by atoms with E-state index in [-0.39, 0.29) is 24.0 Å². The van der Waals surface area contributed by atoms with Crippen LogP contribution in [0.5, 0.6) is 5.75 Å². The fourth-order valence-corrected chi connectivity index (χ4v) is 14.0. The molecule has 0 unspecified atom stereocenters. The van der Waals surface area contributed by atoms with Crippen LogP contribution in [0.4, 0.5) is 0 Å². The van der Waals surface area contributed by atoms with Crippen molar-refractivity contribution in [1.82, 2.24) is 0 Å². The van der Waals surface area contributed by atoms with Gasteiger partial charge < -0.3 is 0 Å². The summed E-state index contributed by atoms with van der Waals surface area (Å²) in [6.07, 6.45) is 0. The van der Waals surface area contributed by atoms with Crippen LogP contribution in [-0.2, 0) is 0 Å². The van der Waals surface area contributed by atoms with E-state index in [0.717, 1.165) is 5.75 Å². The number of para-hydroxylation sites is 1. The van der Waals surface area contributed by atoms with Crippen LogP contribution in [0.15, 0.2) is 200 Å². The molecule has 9 aromatic rings. The van der Waals surface area contributed by atoms with Gasteiger partial charge in [-0.1, -0.05) is 0 Å². The first-order chi connectivity index (χ1) is 24.3. The van der Waals surface area contributed by atoms with Gasteiger partial charge in [0.25, 0.3) is 0 Å². The molecule has 0 aliphatic heterocycles. The van der Waals surface area contributed by atoms with Crippen LogP contribution in [-0.4, -0.2) is 0 Å². The van der Waals surface area contributed by atoms with Gasteiger partial charge in [0.1, 0.15) is 0 Å². The van der Waals surface area contributed by atoms with Gasteiger partial charge in [-0.2, -0.15) is 0 Å². The Morgan fingerprint density at radius 3 is 1.48 bits per heavy atom. The van der Waals surface area contributed by atoms with E-state index in [4.69, 9.17) is 4.52 Å². The first-order valence-corrected chi connectivity index (χ1v) is 20.0. The average molecular weight is 793 g/mol. The third-order valence-corrected chi connectivity index (χ3v) is 16.2. The molecule has 0 N–H and O–H groups in total. The fraction of sp³-hybridized carbons (Fsp3) is 0. The molecule has 0 amide bonds. The van der Waals surface area contributed by atoms with E-state index in [1.54, 1.807) is 0 Å². The van der Waals surface area contributed by atoms with E-state index >= 15 is 0 Å². The zero-order valence-electron chi connectivity index (χ0n) is 27.3. The van der Waals surface area contributed by atoms with Gasteiger partial charge in [0.15, 0.2) is 0 Å². The molecule has 0 aliphatic carbocycles. The van der Waals surface area contributed by atoms with Gasteiger partial charge in [-0.25, -0.2) is 0 Å². The summed E-state index contributed by atoms with van der Waals surface area (Å²) in [5.41, 5.74) is 0. The van der Waals surface area contributed by atoms with Crippen molar-refractivity contribution in [3.05, 3.63) is 200 Å². The van der Waals surface area contributed by atoms with Gasteiger partial charge in [0.2, 0.25) is 0 Å². The van der Waals surface area contributed by atoms with E-state index in [0.29, 0.717) is 0 Å². The van der Waals surface area contributed by atoms with Gasteiger partial charge in [0.05, 0.1) is 0 Å². The van der Waals surface area contributed by atoms with Crippen LogP contribution in [0.25, 0.3) is 32.3 Å². The molecule has 0 saturated heterocycles. The molecule has 0 atom stereocenters. The molecule has 4 heteroatoms. The molecular formula is C46H35IOP2. The molecule has 0 radical (unpaired) electrons. The summed E-state index contributed by atoms with van der Waals surface area (Å²) < 4.78 is 7.55. The minimum atomic E-state index is -3.15. The second-order valence-corrected chi connectivity index (χ2v) is 17.9. The molecule has 0 bridgehead atoms. The van der Waals surface area contributed by atoms with Gasteiger partial charge in [-0.3, -0.25) is 0 Å². The van der Waals surface area contributed by atoms with Crippen LogP contribution in [0.3, 0.4) is 0 Å². The predicted molar refractivity (Wildman–Crippen MR) is 231 cm³/mol. The van der Waals surface area contributed by atoms with Crippen molar-refractivity contribution in [3.8, 4) is 5.75 Å². The third kappa shape index (κ3) is 5.57. The van der Waals surface area contributed by atoms with Gasteiger partial charge in [-0.15, -0.1) is 24.0 Å². The van der Waals surface area contributed by atoms with Crippen LogP contribution in [0, 0.1) is 0 Å². The number of rotatable bonds is 8. The van der Waals surface area contributed by atoms with Crippen LogP contribution >= 0.6 is 39.4 Å². The Labute approximate surface area is 312 Å². The standard InChI is InChI=1S/C46H34OP2.HI/c1-6-19-36(20-7-1)47-49(39-25-12-4-13-26-39,40-27-14-5-15-28-40)44-33-35-18-16-17-34-29-30-41-43(32-31-42(44)46(41)45(34)35)48(37-21-8-2-9-22-37)38-23-10-3-11-24-38;/h1-33,49H;1H. The molecule has 0 heterocycles. The molecule has 9 rings (SSSR count). The first-order valence-electron chi connectivity index (χ1n) is 16.8. The van der Waals surface area contributed by atoms with Gasteiger partial charge in [-0.05, 0) is 0 Å². The zero-order valence-corrected chi connectivity index (χ0v) is 31.5. The minimum absolute atomic E-state index is 0. The number of hydrogen-bond donors (Lipinski definition) is 0. The van der Waals surface area contributed by atoms with Gasteiger partial charge >= 0.3 is 290 Å². The monoisotopic (exact) mass is 792 g/mol. The first kappa shape index (κ1) is 32.6. The van der Waals surface area contributed by atoms with E-state index in [2.05, 4.69) is 200 Å². The van der Waals surface area contributed by atoms with Crippen LogP contribution in [0.1, 0.15) is 0 Å². The Bertz CT molecular complexity index is 2430. The third-order valence-electron chi connectivity index (χ3n) is 9.64. The van der Waals surface area contributed by atoms with E-state index in [9.17, 15) is 0 Å². The van der Waals surface area contributed by atoms with E-state index < -0.39 is 15.4 Å². The topological polar surface area (TPSA) is 9.23 Å². The molecular weight excluding hydrogens is 757 g/mol. The van der Waals surface area contributed by atoms with Crippen molar-refractivity contribution >= 4 is 104 Å². The Balaban J connectivity index is 0.00000361. The summed E-state index contributed by atoms with van der Waals surface area (Å²) in [6.45, 7) is 0. The Kier molecular flexibility index (Phi) is 9.11.